The van der Waals surface area contributed by atoms with Crippen molar-refractivity contribution in [2.75, 3.05) is 25.6 Å². The van der Waals surface area contributed by atoms with Gasteiger partial charge in [-0.15, -0.1) is 0 Å². The fourth-order valence-corrected chi connectivity index (χ4v) is 2.67. The van der Waals surface area contributed by atoms with Crippen LogP contribution in [0.4, 0.5) is 5.69 Å². The molecule has 0 bridgehead atoms. The zero-order valence-electron chi connectivity index (χ0n) is 13.9. The Morgan fingerprint density at radius 3 is 2.32 bits per heavy atom. The number of hydrogen-bond donors (Lipinski definition) is 1. The molecule has 3 nitrogen and oxygen atoms in total. The Balaban J connectivity index is 2.09. The molecule has 0 aliphatic carbocycles. The highest BCUT2D eigenvalue weighted by atomic mass is 16.5. The molecule has 0 aliphatic rings. The fourth-order valence-electron chi connectivity index (χ4n) is 2.67. The van der Waals surface area contributed by atoms with Gasteiger partial charge < -0.3 is 14.8 Å². The smallest absolute Gasteiger partial charge is 0.124 e. The third-order valence-electron chi connectivity index (χ3n) is 3.65. The maximum Gasteiger partial charge on any atom is 0.124 e. The molecule has 2 aromatic rings. The molecule has 2 aromatic carbocycles. The van der Waals surface area contributed by atoms with Gasteiger partial charge in [-0.2, -0.15) is 0 Å². The van der Waals surface area contributed by atoms with E-state index in [0.717, 1.165) is 17.9 Å². The maximum atomic E-state index is 5.78. The van der Waals surface area contributed by atoms with Crippen molar-refractivity contribution >= 4 is 5.69 Å². The van der Waals surface area contributed by atoms with E-state index in [1.807, 2.05) is 18.2 Å². The first-order valence-electron chi connectivity index (χ1n) is 7.63. The molecule has 2 rings (SSSR count). The van der Waals surface area contributed by atoms with Crippen LogP contribution in [-0.4, -0.2) is 20.3 Å². The molecule has 0 saturated heterocycles. The van der Waals surface area contributed by atoms with E-state index in [1.54, 1.807) is 7.11 Å². The predicted octanol–water partition coefficient (Wildman–Crippen LogP) is 4.25. The highest BCUT2D eigenvalue weighted by Crippen LogP contribution is 2.24. The summed E-state index contributed by atoms with van der Waals surface area (Å²) >= 11 is 0. The van der Waals surface area contributed by atoms with Gasteiger partial charge in [-0.25, -0.2) is 0 Å². The summed E-state index contributed by atoms with van der Waals surface area (Å²) in [4.78, 5) is 0. The Labute approximate surface area is 133 Å². The van der Waals surface area contributed by atoms with Crippen LogP contribution in [0.25, 0.3) is 0 Å². The molecule has 1 N–H and O–H groups in total. The van der Waals surface area contributed by atoms with Crippen molar-refractivity contribution in [1.29, 1.82) is 0 Å². The van der Waals surface area contributed by atoms with Crippen LogP contribution in [0.3, 0.4) is 0 Å². The first-order valence-corrected chi connectivity index (χ1v) is 7.63. The zero-order chi connectivity index (χ0) is 15.9. The van der Waals surface area contributed by atoms with Crippen LogP contribution in [0.1, 0.15) is 22.3 Å². The standard InChI is InChI=1S/C19H25NO2/c1-14-11-15(2)19(16(3)12-14)20-13-17-7-5-6-8-18(17)22-10-9-21-4/h5-8,11-12,20H,9-10,13H2,1-4H3. The lowest BCUT2D eigenvalue weighted by atomic mass is 10.0. The highest BCUT2D eigenvalue weighted by molar-refractivity contribution is 5.58. The van der Waals surface area contributed by atoms with Crippen LogP contribution >= 0.6 is 0 Å². The second-order valence-electron chi connectivity index (χ2n) is 5.58. The summed E-state index contributed by atoms with van der Waals surface area (Å²) in [6.45, 7) is 8.32. The van der Waals surface area contributed by atoms with Gasteiger partial charge in [-0.3, -0.25) is 0 Å². The number of methoxy groups -OCH3 is 1. The van der Waals surface area contributed by atoms with Crippen molar-refractivity contribution in [2.24, 2.45) is 0 Å². The molecule has 3 heteroatoms. The Morgan fingerprint density at radius 1 is 0.955 bits per heavy atom. The molecule has 118 valence electrons. The molecular formula is C19H25NO2. The molecule has 0 aliphatic heterocycles. The minimum absolute atomic E-state index is 0.566. The second kappa shape index (κ2) is 7.85. The van der Waals surface area contributed by atoms with E-state index < -0.39 is 0 Å². The van der Waals surface area contributed by atoms with Crippen molar-refractivity contribution in [1.82, 2.24) is 0 Å². The summed E-state index contributed by atoms with van der Waals surface area (Å²) in [7, 11) is 1.68. The SMILES string of the molecule is COCCOc1ccccc1CNc1c(C)cc(C)cc1C. The van der Waals surface area contributed by atoms with Crippen LogP contribution in [0, 0.1) is 20.8 Å². The molecule has 0 aromatic heterocycles. The maximum absolute atomic E-state index is 5.78. The van der Waals surface area contributed by atoms with Gasteiger partial charge in [0.05, 0.1) is 6.61 Å². The molecule has 22 heavy (non-hydrogen) atoms. The van der Waals surface area contributed by atoms with Crippen molar-refractivity contribution in [2.45, 2.75) is 27.3 Å². The van der Waals surface area contributed by atoms with E-state index in [9.17, 15) is 0 Å². The zero-order valence-corrected chi connectivity index (χ0v) is 13.9. The molecule has 0 unspecified atom stereocenters. The molecule has 0 amide bonds. The van der Waals surface area contributed by atoms with Crippen molar-refractivity contribution in [3.63, 3.8) is 0 Å². The van der Waals surface area contributed by atoms with Crippen LogP contribution < -0.4 is 10.1 Å². The van der Waals surface area contributed by atoms with E-state index in [2.05, 4.69) is 44.3 Å². The highest BCUT2D eigenvalue weighted by Gasteiger charge is 2.06. The van der Waals surface area contributed by atoms with Gasteiger partial charge in [0.2, 0.25) is 0 Å². The molecule has 0 spiro atoms. The van der Waals surface area contributed by atoms with Crippen LogP contribution in [0.15, 0.2) is 36.4 Å². The molecule has 0 fully saturated rings. The van der Waals surface area contributed by atoms with Gasteiger partial charge in [-0.05, 0) is 38.0 Å². The number of para-hydroxylation sites is 1. The molecule has 0 radical (unpaired) electrons. The summed E-state index contributed by atoms with van der Waals surface area (Å²) < 4.78 is 10.8. The van der Waals surface area contributed by atoms with Crippen molar-refractivity contribution < 1.29 is 9.47 Å². The molecule has 0 atom stereocenters. The largest absolute Gasteiger partial charge is 0.491 e. The summed E-state index contributed by atoms with van der Waals surface area (Å²) in [5.41, 5.74) is 6.20. The second-order valence-corrected chi connectivity index (χ2v) is 5.58. The van der Waals surface area contributed by atoms with E-state index in [4.69, 9.17) is 9.47 Å². The Hall–Kier alpha value is -2.00. The van der Waals surface area contributed by atoms with Crippen LogP contribution in [-0.2, 0) is 11.3 Å². The predicted molar refractivity (Wildman–Crippen MR) is 91.8 cm³/mol. The van der Waals surface area contributed by atoms with E-state index in [-0.39, 0.29) is 0 Å². The summed E-state index contributed by atoms with van der Waals surface area (Å²) in [6, 6.07) is 12.5. The number of hydrogen-bond acceptors (Lipinski definition) is 3. The Morgan fingerprint density at radius 2 is 1.64 bits per heavy atom. The van der Waals surface area contributed by atoms with Gasteiger partial charge >= 0.3 is 0 Å². The third kappa shape index (κ3) is 4.25. The average molecular weight is 299 g/mol. The van der Waals surface area contributed by atoms with Crippen molar-refractivity contribution in [3.05, 3.63) is 58.7 Å². The lowest BCUT2D eigenvalue weighted by Crippen LogP contribution is -2.08. The average Bonchev–Trinajstić information content (AvgIpc) is 2.48. The summed E-state index contributed by atoms with van der Waals surface area (Å²) in [5.74, 6) is 0.912. The third-order valence-corrected chi connectivity index (χ3v) is 3.65. The Bertz CT molecular complexity index is 600. The normalized spacial score (nSPS) is 10.5. The van der Waals surface area contributed by atoms with E-state index >= 15 is 0 Å². The Kier molecular flexibility index (Phi) is 5.84. The number of aryl methyl sites for hydroxylation is 3. The monoisotopic (exact) mass is 299 g/mol. The van der Waals surface area contributed by atoms with Gasteiger partial charge in [0, 0.05) is 24.9 Å². The molecule has 0 heterocycles. The fraction of sp³-hybridized carbons (Fsp3) is 0.368. The lowest BCUT2D eigenvalue weighted by molar-refractivity contribution is 0.146. The van der Waals surface area contributed by atoms with E-state index in [1.165, 1.54) is 22.4 Å². The van der Waals surface area contributed by atoms with Gasteiger partial charge in [0.1, 0.15) is 12.4 Å². The van der Waals surface area contributed by atoms with Gasteiger partial charge in [-0.1, -0.05) is 35.9 Å². The topological polar surface area (TPSA) is 30.5 Å². The number of benzene rings is 2. The first kappa shape index (κ1) is 16.4. The summed E-state index contributed by atoms with van der Waals surface area (Å²) in [6.07, 6.45) is 0. The lowest BCUT2D eigenvalue weighted by Gasteiger charge is -2.16. The first-order chi connectivity index (χ1) is 10.6. The van der Waals surface area contributed by atoms with Crippen molar-refractivity contribution in [3.8, 4) is 5.75 Å². The minimum atomic E-state index is 0.566. The quantitative estimate of drug-likeness (QED) is 0.775. The number of anilines is 1. The van der Waals surface area contributed by atoms with E-state index in [0.29, 0.717) is 13.2 Å². The number of rotatable bonds is 7. The van der Waals surface area contributed by atoms with Crippen LogP contribution in [0.5, 0.6) is 5.75 Å². The van der Waals surface area contributed by atoms with Gasteiger partial charge in [0.15, 0.2) is 0 Å². The van der Waals surface area contributed by atoms with Crippen LogP contribution in [0.2, 0.25) is 0 Å². The number of nitrogens with one attached hydrogen (secondary N) is 1. The minimum Gasteiger partial charge on any atom is -0.491 e. The number of ether oxygens (including phenoxy) is 2. The van der Waals surface area contributed by atoms with Gasteiger partial charge in [0.25, 0.3) is 0 Å². The molecule has 0 saturated carbocycles. The summed E-state index contributed by atoms with van der Waals surface area (Å²) in [5, 5.41) is 3.54. The molecular weight excluding hydrogens is 274 g/mol.